The van der Waals surface area contributed by atoms with Crippen molar-refractivity contribution in [3.8, 4) is 28.7 Å². The molecule has 1 aliphatic heterocycles. The van der Waals surface area contributed by atoms with Gasteiger partial charge in [0.25, 0.3) is 0 Å². The van der Waals surface area contributed by atoms with E-state index in [4.69, 9.17) is 23.4 Å². The molecular weight excluding hydrogens is 504 g/mol. The lowest BCUT2D eigenvalue weighted by molar-refractivity contribution is -0.128. The fourth-order valence-corrected chi connectivity index (χ4v) is 3.71. The van der Waals surface area contributed by atoms with Crippen LogP contribution in [0, 0.1) is 0 Å². The smallest absolute Gasteiger partial charge is 0.336 e. The maximum atomic E-state index is 12.8. The number of rotatable bonds is 5. The van der Waals surface area contributed by atoms with Gasteiger partial charge in [-0.2, -0.15) is 0 Å². The Bertz CT molecular complexity index is 1470. The molecule has 0 saturated heterocycles. The number of esters is 1. The zero-order valence-corrected chi connectivity index (χ0v) is 19.2. The third-order valence-electron chi connectivity index (χ3n) is 4.97. The van der Waals surface area contributed by atoms with Crippen LogP contribution in [0.15, 0.2) is 86.7 Å². The highest BCUT2D eigenvalue weighted by molar-refractivity contribution is 9.10. The number of halogens is 1. The van der Waals surface area contributed by atoms with E-state index in [9.17, 15) is 9.59 Å². The number of benzene rings is 3. The van der Waals surface area contributed by atoms with E-state index in [1.54, 1.807) is 36.4 Å². The second-order valence-electron chi connectivity index (χ2n) is 7.28. The van der Waals surface area contributed by atoms with Crippen molar-refractivity contribution in [3.05, 3.63) is 93.3 Å². The van der Waals surface area contributed by atoms with E-state index in [0.717, 1.165) is 5.56 Å². The highest BCUT2D eigenvalue weighted by Gasteiger charge is 2.13. The Hall–Kier alpha value is -4.04. The summed E-state index contributed by atoms with van der Waals surface area (Å²) in [6.07, 6.45) is 4.16. The van der Waals surface area contributed by atoms with Crippen LogP contribution in [0.3, 0.4) is 0 Å². The molecule has 1 aromatic heterocycles. The van der Waals surface area contributed by atoms with Crippen molar-refractivity contribution < 1.29 is 28.2 Å². The van der Waals surface area contributed by atoms with Gasteiger partial charge in [0.1, 0.15) is 36.6 Å². The van der Waals surface area contributed by atoms with Crippen LogP contribution in [0.4, 0.5) is 0 Å². The van der Waals surface area contributed by atoms with Gasteiger partial charge in [0, 0.05) is 12.1 Å². The summed E-state index contributed by atoms with van der Waals surface area (Å²) in [5.41, 5.74) is 0.697. The number of fused-ring (bicyclic) bond motifs is 2. The monoisotopic (exact) mass is 520 g/mol. The summed E-state index contributed by atoms with van der Waals surface area (Å²) < 4.78 is 28.3. The molecule has 0 amide bonds. The van der Waals surface area contributed by atoms with E-state index >= 15 is 0 Å². The lowest BCUT2D eigenvalue weighted by Crippen LogP contribution is -2.15. The van der Waals surface area contributed by atoms with E-state index in [-0.39, 0.29) is 22.5 Å². The van der Waals surface area contributed by atoms with Gasteiger partial charge in [-0.1, -0.05) is 18.2 Å². The Kier molecular flexibility index (Phi) is 6.05. The predicted octanol–water partition coefficient (Wildman–Crippen LogP) is 5.74. The molecule has 4 aromatic rings. The molecule has 3 aromatic carbocycles. The van der Waals surface area contributed by atoms with E-state index in [0.29, 0.717) is 40.3 Å². The number of carbonyl (C=O) groups excluding carboxylic acids is 1. The molecule has 0 saturated carbocycles. The number of ether oxygens (including phenoxy) is 4. The molecule has 7 nitrogen and oxygen atoms in total. The molecule has 5 rings (SSSR count). The van der Waals surface area contributed by atoms with Crippen LogP contribution >= 0.6 is 15.9 Å². The predicted molar refractivity (Wildman–Crippen MR) is 129 cm³/mol. The average Bonchev–Trinajstić information content (AvgIpc) is 2.85. The van der Waals surface area contributed by atoms with Crippen molar-refractivity contribution >= 4 is 38.9 Å². The van der Waals surface area contributed by atoms with Gasteiger partial charge < -0.3 is 23.4 Å². The SMILES string of the molecule is O=C(/C=C/c1ccc2c(c1)OCCO2)Oc1ccc2c(=O)c(Oc3ccccc3Br)coc2c1. The summed E-state index contributed by atoms with van der Waals surface area (Å²) in [6.45, 7) is 0.997. The van der Waals surface area contributed by atoms with Gasteiger partial charge in [-0.25, -0.2) is 4.79 Å². The van der Waals surface area contributed by atoms with Gasteiger partial charge in [0.15, 0.2) is 11.5 Å². The summed E-state index contributed by atoms with van der Waals surface area (Å²) in [5.74, 6) is 1.51. The minimum absolute atomic E-state index is 0.0477. The molecule has 0 bridgehead atoms. The summed E-state index contributed by atoms with van der Waals surface area (Å²) in [7, 11) is 0. The second-order valence-corrected chi connectivity index (χ2v) is 8.13. The molecule has 0 N–H and O–H groups in total. The Morgan fingerprint density at radius 3 is 2.62 bits per heavy atom. The minimum atomic E-state index is -0.578. The highest BCUT2D eigenvalue weighted by atomic mass is 79.9. The molecule has 0 fully saturated rings. The first-order chi connectivity index (χ1) is 16.6. The average molecular weight is 521 g/mol. The Morgan fingerprint density at radius 1 is 0.941 bits per heavy atom. The topological polar surface area (TPSA) is 84.2 Å². The zero-order chi connectivity index (χ0) is 23.5. The Balaban J connectivity index is 1.30. The van der Waals surface area contributed by atoms with Gasteiger partial charge >= 0.3 is 5.97 Å². The van der Waals surface area contributed by atoms with Crippen molar-refractivity contribution in [2.24, 2.45) is 0 Å². The summed E-state index contributed by atoms with van der Waals surface area (Å²) in [4.78, 5) is 25.1. The molecule has 0 aliphatic carbocycles. The van der Waals surface area contributed by atoms with Crippen molar-refractivity contribution in [1.82, 2.24) is 0 Å². The van der Waals surface area contributed by atoms with E-state index in [1.807, 2.05) is 12.1 Å². The fourth-order valence-electron chi connectivity index (χ4n) is 3.35. The molecule has 34 heavy (non-hydrogen) atoms. The lowest BCUT2D eigenvalue weighted by atomic mass is 10.2. The fraction of sp³-hybridized carbons (Fsp3) is 0.0769. The maximum absolute atomic E-state index is 12.8. The second kappa shape index (κ2) is 9.44. The normalized spacial score (nSPS) is 12.6. The number of hydrogen-bond donors (Lipinski definition) is 0. The minimum Gasteiger partial charge on any atom is -0.486 e. The third-order valence-corrected chi connectivity index (χ3v) is 5.62. The molecular formula is C26H17BrO7. The Labute approximate surface area is 202 Å². The van der Waals surface area contributed by atoms with Crippen LogP contribution in [-0.2, 0) is 4.79 Å². The van der Waals surface area contributed by atoms with Crippen molar-refractivity contribution in [2.75, 3.05) is 13.2 Å². The van der Waals surface area contributed by atoms with E-state index in [1.165, 1.54) is 30.5 Å². The number of hydrogen-bond acceptors (Lipinski definition) is 7. The van der Waals surface area contributed by atoms with Crippen molar-refractivity contribution in [2.45, 2.75) is 0 Å². The molecule has 170 valence electrons. The van der Waals surface area contributed by atoms with Gasteiger partial charge in [0.2, 0.25) is 11.2 Å². The zero-order valence-electron chi connectivity index (χ0n) is 17.7. The van der Waals surface area contributed by atoms with Crippen LogP contribution in [0.2, 0.25) is 0 Å². The molecule has 0 radical (unpaired) electrons. The summed E-state index contributed by atoms with van der Waals surface area (Å²) in [5, 5.41) is 0.302. The molecule has 0 atom stereocenters. The first kappa shape index (κ1) is 21.8. The van der Waals surface area contributed by atoms with Gasteiger partial charge in [-0.15, -0.1) is 0 Å². The number of carbonyl (C=O) groups is 1. The van der Waals surface area contributed by atoms with Crippen LogP contribution < -0.4 is 24.4 Å². The van der Waals surface area contributed by atoms with Crippen molar-refractivity contribution in [3.63, 3.8) is 0 Å². The largest absolute Gasteiger partial charge is 0.486 e. The van der Waals surface area contributed by atoms with Gasteiger partial charge in [-0.05, 0) is 64.0 Å². The molecule has 1 aliphatic rings. The summed E-state index contributed by atoms with van der Waals surface area (Å²) >= 11 is 3.38. The van der Waals surface area contributed by atoms with Crippen LogP contribution in [0.25, 0.3) is 17.0 Å². The van der Waals surface area contributed by atoms with Gasteiger partial charge in [-0.3, -0.25) is 4.79 Å². The highest BCUT2D eigenvalue weighted by Crippen LogP contribution is 2.31. The number of para-hydroxylation sites is 1. The van der Waals surface area contributed by atoms with Gasteiger partial charge in [0.05, 0.1) is 9.86 Å². The van der Waals surface area contributed by atoms with E-state index < -0.39 is 5.97 Å². The van der Waals surface area contributed by atoms with Crippen LogP contribution in [0.1, 0.15) is 5.56 Å². The first-order valence-electron chi connectivity index (χ1n) is 10.3. The molecule has 0 spiro atoms. The third kappa shape index (κ3) is 4.67. The Morgan fingerprint density at radius 2 is 1.76 bits per heavy atom. The van der Waals surface area contributed by atoms with E-state index in [2.05, 4.69) is 15.9 Å². The summed E-state index contributed by atoms with van der Waals surface area (Å²) in [6, 6.07) is 17.1. The quantitative estimate of drug-likeness (QED) is 0.188. The lowest BCUT2D eigenvalue weighted by Gasteiger charge is -2.18. The molecule has 2 heterocycles. The maximum Gasteiger partial charge on any atom is 0.336 e. The van der Waals surface area contributed by atoms with Crippen LogP contribution in [-0.4, -0.2) is 19.2 Å². The molecule has 8 heteroatoms. The van der Waals surface area contributed by atoms with Crippen molar-refractivity contribution in [1.29, 1.82) is 0 Å². The van der Waals surface area contributed by atoms with Crippen LogP contribution in [0.5, 0.6) is 28.7 Å². The first-order valence-corrected chi connectivity index (χ1v) is 11.1. The molecule has 0 unspecified atom stereocenters. The standard InChI is InChI=1S/C26H17BrO7/c27-19-3-1-2-4-20(19)34-24-15-32-22-14-17(7-8-18(22)26(24)29)33-25(28)10-6-16-5-9-21-23(13-16)31-12-11-30-21/h1-10,13-15H,11-12H2/b10-6+.